The third-order valence-corrected chi connectivity index (χ3v) is 3.91. The van der Waals surface area contributed by atoms with Crippen LogP contribution in [0.25, 0.3) is 0 Å². The van der Waals surface area contributed by atoms with E-state index in [1.807, 2.05) is 6.07 Å². The number of rotatable bonds is 0. The largest absolute Gasteiger partial charge is 0.471 e. The first kappa shape index (κ1) is 13.9. The molecule has 0 N–H and O–H groups in total. The maximum absolute atomic E-state index is 12.9. The smallest absolute Gasteiger partial charge is 0.362 e. The SMILES string of the molecule is CC1(C)C2OC2c2cc(C#N)ccc2N1C(=O)C(F)(F)F. The number of benzene rings is 1. The number of nitrogens with zero attached hydrogens (tertiary/aromatic N) is 2. The molecule has 1 saturated heterocycles. The van der Waals surface area contributed by atoms with Gasteiger partial charge in [-0.1, -0.05) is 0 Å². The van der Waals surface area contributed by atoms with Gasteiger partial charge in [-0.05, 0) is 32.0 Å². The molecule has 2 aliphatic heterocycles. The predicted molar refractivity (Wildman–Crippen MR) is 66.4 cm³/mol. The summed E-state index contributed by atoms with van der Waals surface area (Å²) in [5.41, 5.74) is -0.170. The maximum atomic E-state index is 12.9. The fourth-order valence-electron chi connectivity index (χ4n) is 2.88. The molecule has 1 aromatic carbocycles. The van der Waals surface area contributed by atoms with Gasteiger partial charge in [0.05, 0.1) is 22.9 Å². The first-order valence-corrected chi connectivity index (χ1v) is 6.29. The summed E-state index contributed by atoms with van der Waals surface area (Å²) >= 11 is 0. The van der Waals surface area contributed by atoms with E-state index in [9.17, 15) is 18.0 Å². The minimum atomic E-state index is -4.97. The van der Waals surface area contributed by atoms with Crippen molar-refractivity contribution in [2.75, 3.05) is 4.90 Å². The van der Waals surface area contributed by atoms with Gasteiger partial charge >= 0.3 is 12.1 Å². The molecule has 2 atom stereocenters. The number of anilines is 1. The molecule has 0 bridgehead atoms. The summed E-state index contributed by atoms with van der Waals surface area (Å²) < 4.78 is 44.1. The fourth-order valence-corrected chi connectivity index (χ4v) is 2.88. The summed E-state index contributed by atoms with van der Waals surface area (Å²) in [7, 11) is 0. The summed E-state index contributed by atoms with van der Waals surface area (Å²) in [6.07, 6.45) is -5.82. The van der Waals surface area contributed by atoms with Crippen molar-refractivity contribution in [3.8, 4) is 6.07 Å². The molecular weight excluding hydrogens is 285 g/mol. The number of halogens is 3. The molecule has 21 heavy (non-hydrogen) atoms. The van der Waals surface area contributed by atoms with Crippen molar-refractivity contribution in [2.45, 2.75) is 37.8 Å². The number of carbonyl (C=O) groups is 1. The van der Waals surface area contributed by atoms with Gasteiger partial charge in [-0.15, -0.1) is 0 Å². The number of nitriles is 1. The number of hydrogen-bond acceptors (Lipinski definition) is 3. The van der Waals surface area contributed by atoms with Crippen LogP contribution in [0.15, 0.2) is 18.2 Å². The van der Waals surface area contributed by atoms with Crippen LogP contribution in [0.2, 0.25) is 0 Å². The molecule has 0 aromatic heterocycles. The third kappa shape index (κ3) is 1.90. The second-order valence-corrected chi connectivity index (χ2v) is 5.65. The number of ether oxygens (including phenoxy) is 1. The minimum Gasteiger partial charge on any atom is -0.362 e. The number of carbonyl (C=O) groups excluding carboxylic acids is 1. The molecule has 0 aliphatic carbocycles. The highest BCUT2D eigenvalue weighted by molar-refractivity contribution is 6.00. The van der Waals surface area contributed by atoms with Gasteiger partial charge in [0.25, 0.3) is 0 Å². The lowest BCUT2D eigenvalue weighted by atomic mass is 9.86. The van der Waals surface area contributed by atoms with Crippen molar-refractivity contribution in [1.29, 1.82) is 5.26 Å². The van der Waals surface area contributed by atoms with Crippen LogP contribution in [0.3, 0.4) is 0 Å². The van der Waals surface area contributed by atoms with Crippen LogP contribution in [-0.4, -0.2) is 23.7 Å². The standard InChI is InChI=1S/C14H11F3N2O2/c1-13(2)11-10(21-11)8-5-7(6-18)3-4-9(8)19(13)12(20)14(15,16)17/h3-5,10-11H,1-2H3. The lowest BCUT2D eigenvalue weighted by Gasteiger charge is -2.41. The number of epoxide rings is 1. The lowest BCUT2D eigenvalue weighted by molar-refractivity contribution is -0.171. The number of alkyl halides is 3. The Morgan fingerprint density at radius 3 is 2.67 bits per heavy atom. The molecular formula is C14H11F3N2O2. The summed E-state index contributed by atoms with van der Waals surface area (Å²) in [5.74, 6) is -1.92. The van der Waals surface area contributed by atoms with Crippen LogP contribution >= 0.6 is 0 Å². The minimum absolute atomic E-state index is 0.153. The highest BCUT2D eigenvalue weighted by Crippen LogP contribution is 2.56. The van der Waals surface area contributed by atoms with Crippen molar-refractivity contribution < 1.29 is 22.7 Å². The zero-order valence-electron chi connectivity index (χ0n) is 11.2. The third-order valence-electron chi connectivity index (χ3n) is 3.91. The van der Waals surface area contributed by atoms with Crippen LogP contribution in [0.5, 0.6) is 0 Å². The summed E-state index contributed by atoms with van der Waals surface area (Å²) in [6.45, 7) is 3.09. The molecule has 2 aliphatic rings. The predicted octanol–water partition coefficient (Wildman–Crippen LogP) is 2.69. The van der Waals surface area contributed by atoms with Gasteiger partial charge < -0.3 is 4.74 Å². The zero-order valence-corrected chi connectivity index (χ0v) is 11.2. The van der Waals surface area contributed by atoms with Gasteiger partial charge in [-0.2, -0.15) is 18.4 Å². The van der Waals surface area contributed by atoms with E-state index in [0.717, 1.165) is 4.90 Å². The monoisotopic (exact) mass is 296 g/mol. The van der Waals surface area contributed by atoms with Crippen LogP contribution in [0, 0.1) is 11.3 Å². The average molecular weight is 296 g/mol. The molecule has 0 radical (unpaired) electrons. The van der Waals surface area contributed by atoms with E-state index in [2.05, 4.69) is 0 Å². The highest BCUT2D eigenvalue weighted by atomic mass is 19.4. The maximum Gasteiger partial charge on any atom is 0.471 e. The van der Waals surface area contributed by atoms with Gasteiger partial charge in [0.2, 0.25) is 0 Å². The topological polar surface area (TPSA) is 56.6 Å². The number of hydrogen-bond donors (Lipinski definition) is 0. The first-order chi connectivity index (χ1) is 9.67. The zero-order chi connectivity index (χ0) is 15.6. The van der Waals surface area contributed by atoms with Crippen LogP contribution in [0.1, 0.15) is 31.1 Å². The Hall–Kier alpha value is -2.07. The Morgan fingerprint density at radius 2 is 2.10 bits per heavy atom. The average Bonchev–Trinajstić information content (AvgIpc) is 3.18. The van der Waals surface area contributed by atoms with Crippen LogP contribution in [0.4, 0.5) is 18.9 Å². The van der Waals surface area contributed by atoms with Crippen molar-refractivity contribution in [3.63, 3.8) is 0 Å². The van der Waals surface area contributed by atoms with E-state index in [4.69, 9.17) is 10.00 Å². The van der Waals surface area contributed by atoms with E-state index in [1.54, 1.807) is 13.8 Å². The molecule has 1 fully saturated rings. The Bertz CT molecular complexity index is 676. The van der Waals surface area contributed by atoms with Gasteiger partial charge in [0, 0.05) is 5.56 Å². The van der Waals surface area contributed by atoms with E-state index in [0.29, 0.717) is 11.1 Å². The van der Waals surface area contributed by atoms with Gasteiger partial charge in [-0.3, -0.25) is 9.69 Å². The fraction of sp³-hybridized carbons (Fsp3) is 0.429. The lowest BCUT2D eigenvalue weighted by Crippen LogP contribution is -2.57. The van der Waals surface area contributed by atoms with Crippen LogP contribution < -0.4 is 4.90 Å². The highest BCUT2D eigenvalue weighted by Gasteiger charge is 2.62. The van der Waals surface area contributed by atoms with Gasteiger partial charge in [0.1, 0.15) is 12.2 Å². The van der Waals surface area contributed by atoms with Crippen molar-refractivity contribution in [1.82, 2.24) is 0 Å². The Morgan fingerprint density at radius 1 is 1.43 bits per heavy atom. The molecule has 110 valence electrons. The molecule has 0 saturated carbocycles. The molecule has 7 heteroatoms. The van der Waals surface area contributed by atoms with Crippen molar-refractivity contribution in [3.05, 3.63) is 29.3 Å². The number of amides is 1. The van der Waals surface area contributed by atoms with Crippen LogP contribution in [-0.2, 0) is 9.53 Å². The van der Waals surface area contributed by atoms with E-state index in [-0.39, 0.29) is 11.8 Å². The Balaban J connectivity index is 2.16. The normalized spacial score (nSPS) is 25.6. The molecule has 4 nitrogen and oxygen atoms in total. The Kier molecular flexibility index (Phi) is 2.63. The molecule has 0 spiro atoms. The second kappa shape index (κ2) is 3.98. The molecule has 1 amide bonds. The summed E-state index contributed by atoms with van der Waals surface area (Å²) in [4.78, 5) is 12.5. The molecule has 3 rings (SSSR count). The summed E-state index contributed by atoms with van der Waals surface area (Å²) in [5, 5.41) is 8.89. The Labute approximate surface area is 118 Å². The summed E-state index contributed by atoms with van der Waals surface area (Å²) in [6, 6.07) is 6.18. The molecule has 1 aromatic rings. The molecule has 2 heterocycles. The van der Waals surface area contributed by atoms with E-state index in [1.165, 1.54) is 18.2 Å². The van der Waals surface area contributed by atoms with Gasteiger partial charge in [0.15, 0.2) is 0 Å². The number of fused-ring (bicyclic) bond motifs is 3. The first-order valence-electron chi connectivity index (χ1n) is 6.29. The van der Waals surface area contributed by atoms with Crippen molar-refractivity contribution >= 4 is 11.6 Å². The van der Waals surface area contributed by atoms with E-state index >= 15 is 0 Å². The van der Waals surface area contributed by atoms with E-state index < -0.39 is 23.7 Å². The van der Waals surface area contributed by atoms with Gasteiger partial charge in [-0.25, -0.2) is 0 Å². The van der Waals surface area contributed by atoms with Crippen molar-refractivity contribution in [2.24, 2.45) is 0 Å². The quantitative estimate of drug-likeness (QED) is 0.692. The molecule has 2 unspecified atom stereocenters. The second-order valence-electron chi connectivity index (χ2n) is 5.65.